The van der Waals surface area contributed by atoms with Crippen LogP contribution >= 0.6 is 11.6 Å². The Hall–Kier alpha value is -3.43. The Morgan fingerprint density at radius 1 is 1.06 bits per heavy atom. The van der Waals surface area contributed by atoms with Crippen LogP contribution in [0.3, 0.4) is 0 Å². The third-order valence-electron chi connectivity index (χ3n) is 5.49. The lowest BCUT2D eigenvalue weighted by atomic mass is 10.1. The monoisotopic (exact) mass is 516 g/mol. The molecule has 1 N–H and O–H groups in total. The van der Waals surface area contributed by atoms with Crippen LogP contribution in [0, 0.1) is 0 Å². The van der Waals surface area contributed by atoms with E-state index in [0.29, 0.717) is 30.5 Å². The molecule has 1 amide bonds. The van der Waals surface area contributed by atoms with Crippen LogP contribution in [0.25, 0.3) is 0 Å². The molecule has 35 heavy (non-hydrogen) atoms. The van der Waals surface area contributed by atoms with Gasteiger partial charge in [-0.15, -0.1) is 0 Å². The second-order valence-corrected chi connectivity index (χ2v) is 10.1. The number of amides is 1. The lowest BCUT2D eigenvalue weighted by molar-refractivity contribution is -0.120. The number of carbonyl (C=O) groups is 1. The van der Waals surface area contributed by atoms with E-state index in [1.54, 1.807) is 42.5 Å². The normalized spacial score (nSPS) is 13.6. The van der Waals surface area contributed by atoms with Crippen LogP contribution in [0.5, 0.6) is 17.2 Å². The first-order valence-corrected chi connectivity index (χ1v) is 12.7. The largest absolute Gasteiger partial charge is 0.495 e. The fourth-order valence-electron chi connectivity index (χ4n) is 3.68. The first-order chi connectivity index (χ1) is 16.8. The number of rotatable bonds is 8. The Balaban J connectivity index is 1.59. The summed E-state index contributed by atoms with van der Waals surface area (Å²) in [4.78, 5) is 13.1. The molecule has 3 aromatic rings. The predicted molar refractivity (Wildman–Crippen MR) is 133 cm³/mol. The molecule has 0 aliphatic carbocycles. The van der Waals surface area contributed by atoms with Gasteiger partial charge in [-0.1, -0.05) is 35.9 Å². The van der Waals surface area contributed by atoms with Crippen molar-refractivity contribution in [3.63, 3.8) is 0 Å². The van der Waals surface area contributed by atoms with Gasteiger partial charge in [0.25, 0.3) is 10.0 Å². The first-order valence-electron chi connectivity index (χ1n) is 10.9. The molecule has 0 saturated heterocycles. The number of ether oxygens (including phenoxy) is 3. The molecule has 0 bridgehead atoms. The Morgan fingerprint density at radius 2 is 1.77 bits per heavy atom. The smallest absolute Gasteiger partial charge is 0.264 e. The van der Waals surface area contributed by atoms with Crippen molar-refractivity contribution in [3.05, 3.63) is 77.3 Å². The maximum absolute atomic E-state index is 13.5. The van der Waals surface area contributed by atoms with Gasteiger partial charge in [-0.2, -0.15) is 0 Å². The van der Waals surface area contributed by atoms with Crippen LogP contribution in [0.4, 0.5) is 5.69 Å². The van der Waals surface area contributed by atoms with Gasteiger partial charge in [-0.25, -0.2) is 8.42 Å². The molecule has 0 saturated carbocycles. The minimum atomic E-state index is -4.06. The van der Waals surface area contributed by atoms with E-state index in [-0.39, 0.29) is 15.6 Å². The zero-order chi connectivity index (χ0) is 25.0. The molecule has 0 unspecified atom stereocenters. The summed E-state index contributed by atoms with van der Waals surface area (Å²) in [5.41, 5.74) is 1.04. The number of sulfonamides is 1. The van der Waals surface area contributed by atoms with Crippen molar-refractivity contribution in [1.29, 1.82) is 0 Å². The molecular formula is C25H25ClN2O6S. The molecule has 0 spiro atoms. The maximum atomic E-state index is 13.5. The van der Waals surface area contributed by atoms with Gasteiger partial charge in [-0.05, 0) is 55.0 Å². The Bertz CT molecular complexity index is 1320. The molecule has 1 aliphatic rings. The molecule has 0 aromatic heterocycles. The summed E-state index contributed by atoms with van der Waals surface area (Å²) in [6, 6.07) is 17.5. The summed E-state index contributed by atoms with van der Waals surface area (Å²) in [7, 11) is -2.60. The number of methoxy groups -OCH3 is 1. The van der Waals surface area contributed by atoms with Gasteiger partial charge in [0, 0.05) is 0 Å². The van der Waals surface area contributed by atoms with E-state index >= 15 is 0 Å². The topological polar surface area (TPSA) is 94.2 Å². The summed E-state index contributed by atoms with van der Waals surface area (Å²) in [5.74, 6) is 1.16. The molecule has 184 valence electrons. The molecule has 4 rings (SSSR count). The number of halogens is 1. The summed E-state index contributed by atoms with van der Waals surface area (Å²) in [6.45, 7) is 2.30. The molecular weight excluding hydrogens is 492 g/mol. The Labute approximate surface area is 209 Å². The molecule has 0 radical (unpaired) electrons. The Kier molecular flexibility index (Phi) is 7.37. The van der Waals surface area contributed by atoms with Crippen molar-refractivity contribution in [3.8, 4) is 17.2 Å². The number of hydrogen-bond donors (Lipinski definition) is 1. The third-order valence-corrected chi connectivity index (χ3v) is 7.57. The van der Waals surface area contributed by atoms with Crippen molar-refractivity contribution >= 4 is 33.2 Å². The predicted octanol–water partition coefficient (Wildman–Crippen LogP) is 4.19. The SMILES string of the molecule is COc1ccc(N(CC(=O)N[C@H](C)c2ccc3c(c2)OCCO3)S(=O)(=O)c2ccccc2)cc1Cl. The van der Waals surface area contributed by atoms with E-state index < -0.39 is 28.5 Å². The van der Waals surface area contributed by atoms with E-state index in [4.69, 9.17) is 25.8 Å². The number of carbonyl (C=O) groups excluding carboxylic acids is 1. The highest BCUT2D eigenvalue weighted by atomic mass is 35.5. The van der Waals surface area contributed by atoms with Crippen LogP contribution in [0.15, 0.2) is 71.6 Å². The molecule has 0 fully saturated rings. The fraction of sp³-hybridized carbons (Fsp3) is 0.240. The van der Waals surface area contributed by atoms with Crippen molar-refractivity contribution in [2.75, 3.05) is 31.2 Å². The highest BCUT2D eigenvalue weighted by molar-refractivity contribution is 7.92. The quantitative estimate of drug-likeness (QED) is 0.482. The average Bonchev–Trinajstić information content (AvgIpc) is 2.87. The van der Waals surface area contributed by atoms with Gasteiger partial charge in [0.1, 0.15) is 25.5 Å². The van der Waals surface area contributed by atoms with Crippen molar-refractivity contribution in [1.82, 2.24) is 5.32 Å². The van der Waals surface area contributed by atoms with Gasteiger partial charge in [0.2, 0.25) is 5.91 Å². The van der Waals surface area contributed by atoms with E-state index in [1.807, 2.05) is 13.0 Å². The van der Waals surface area contributed by atoms with Gasteiger partial charge >= 0.3 is 0 Å². The van der Waals surface area contributed by atoms with Gasteiger partial charge in [0.15, 0.2) is 11.5 Å². The van der Waals surface area contributed by atoms with Crippen LogP contribution in [0.2, 0.25) is 5.02 Å². The van der Waals surface area contributed by atoms with Crippen molar-refractivity contribution in [2.24, 2.45) is 0 Å². The summed E-state index contributed by atoms with van der Waals surface area (Å²) in [6.07, 6.45) is 0. The lowest BCUT2D eigenvalue weighted by Gasteiger charge is -2.26. The van der Waals surface area contributed by atoms with Crippen LogP contribution < -0.4 is 23.8 Å². The Morgan fingerprint density at radius 3 is 2.46 bits per heavy atom. The summed E-state index contributed by atoms with van der Waals surface area (Å²) < 4.78 is 44.3. The number of hydrogen-bond acceptors (Lipinski definition) is 6. The summed E-state index contributed by atoms with van der Waals surface area (Å²) >= 11 is 6.26. The van der Waals surface area contributed by atoms with E-state index in [2.05, 4.69) is 5.32 Å². The number of nitrogens with one attached hydrogen (secondary N) is 1. The first kappa shape index (κ1) is 24.7. The minimum absolute atomic E-state index is 0.0552. The van der Waals surface area contributed by atoms with E-state index in [0.717, 1.165) is 9.87 Å². The second-order valence-electron chi connectivity index (χ2n) is 7.84. The van der Waals surface area contributed by atoms with Gasteiger partial charge < -0.3 is 19.5 Å². The molecule has 10 heteroatoms. The molecule has 1 atom stereocenters. The standard InChI is InChI=1S/C25H25ClN2O6S/c1-17(18-8-10-23-24(14-18)34-13-12-33-23)27-25(29)16-28(19-9-11-22(32-2)21(26)15-19)35(30,31)20-6-4-3-5-7-20/h3-11,14-15,17H,12-13,16H2,1-2H3,(H,27,29)/t17-/m1/s1. The second kappa shape index (κ2) is 10.5. The van der Waals surface area contributed by atoms with Crippen LogP contribution in [0.1, 0.15) is 18.5 Å². The van der Waals surface area contributed by atoms with E-state index in [1.165, 1.54) is 25.3 Å². The molecule has 3 aromatic carbocycles. The molecule has 8 nitrogen and oxygen atoms in total. The highest BCUT2D eigenvalue weighted by Gasteiger charge is 2.28. The zero-order valence-electron chi connectivity index (χ0n) is 19.2. The van der Waals surface area contributed by atoms with Gasteiger partial charge in [-0.3, -0.25) is 9.10 Å². The molecule has 1 heterocycles. The maximum Gasteiger partial charge on any atom is 0.264 e. The van der Waals surface area contributed by atoms with Crippen molar-refractivity contribution in [2.45, 2.75) is 17.9 Å². The van der Waals surface area contributed by atoms with Crippen molar-refractivity contribution < 1.29 is 27.4 Å². The fourth-order valence-corrected chi connectivity index (χ4v) is 5.36. The van der Waals surface area contributed by atoms with Crippen LogP contribution in [-0.2, 0) is 14.8 Å². The van der Waals surface area contributed by atoms with E-state index in [9.17, 15) is 13.2 Å². The number of benzene rings is 3. The zero-order valence-corrected chi connectivity index (χ0v) is 20.8. The van der Waals surface area contributed by atoms with Crippen LogP contribution in [-0.4, -0.2) is 41.2 Å². The summed E-state index contributed by atoms with van der Waals surface area (Å²) in [5, 5.41) is 3.09. The number of nitrogens with zero attached hydrogens (tertiary/aromatic N) is 1. The highest BCUT2D eigenvalue weighted by Crippen LogP contribution is 2.33. The lowest BCUT2D eigenvalue weighted by Crippen LogP contribution is -2.41. The third kappa shape index (κ3) is 5.47. The number of fused-ring (bicyclic) bond motifs is 1. The van der Waals surface area contributed by atoms with Gasteiger partial charge in [0.05, 0.1) is 28.8 Å². The number of anilines is 1. The average molecular weight is 517 g/mol. The minimum Gasteiger partial charge on any atom is -0.495 e. The molecule has 1 aliphatic heterocycles.